The number of nitrogens with zero attached hydrogens (tertiary/aromatic N) is 3. The number of fused-ring (bicyclic) bond motifs is 1. The molecule has 1 atom stereocenters. The molecule has 6 nitrogen and oxygen atoms in total. The third-order valence-corrected chi connectivity index (χ3v) is 6.09. The van der Waals surface area contributed by atoms with Crippen molar-refractivity contribution < 1.29 is 19.1 Å². The van der Waals surface area contributed by atoms with Gasteiger partial charge in [0.1, 0.15) is 11.6 Å². The molecule has 2 aromatic carbocycles. The summed E-state index contributed by atoms with van der Waals surface area (Å²) in [6, 6.07) is 15.0. The van der Waals surface area contributed by atoms with Crippen molar-refractivity contribution in [3.05, 3.63) is 95.6 Å². The highest BCUT2D eigenvalue weighted by Gasteiger charge is 2.48. The average Bonchev–Trinajstić information content (AvgIpc) is 3.33. The van der Waals surface area contributed by atoms with Crippen molar-refractivity contribution in [3.63, 3.8) is 0 Å². The highest BCUT2D eigenvalue weighted by Crippen LogP contribution is 2.44. The Balaban J connectivity index is 1.73. The van der Waals surface area contributed by atoms with Gasteiger partial charge in [-0.15, -0.1) is 0 Å². The first-order valence-electron chi connectivity index (χ1n) is 9.37. The summed E-state index contributed by atoms with van der Waals surface area (Å²) >= 11 is 1.28. The summed E-state index contributed by atoms with van der Waals surface area (Å²) in [7, 11) is 0. The lowest BCUT2D eigenvalue weighted by molar-refractivity contribution is -0.132. The molecule has 3 heterocycles. The predicted molar refractivity (Wildman–Crippen MR) is 115 cm³/mol. The maximum Gasteiger partial charge on any atom is 0.301 e. The molecule has 1 aliphatic heterocycles. The van der Waals surface area contributed by atoms with E-state index in [-0.39, 0.29) is 16.9 Å². The summed E-state index contributed by atoms with van der Waals surface area (Å²) in [5.41, 5.74) is 1.39. The standard InChI is InChI=1S/C23H14FN3O3S/c24-15-9-7-13(8-10-15)20(28)18-19(14-4-3-11-25-12-14)27(22(30)21(18)29)23-26-16-5-1-2-6-17(16)31-23/h1-12,19,28H/b20-18+. The van der Waals surface area contributed by atoms with E-state index in [4.69, 9.17) is 0 Å². The number of halogens is 1. The fraction of sp³-hybridized carbons (Fsp3) is 0.0435. The number of para-hydroxylation sites is 1. The van der Waals surface area contributed by atoms with Crippen LogP contribution in [0.15, 0.2) is 78.6 Å². The molecule has 0 radical (unpaired) electrons. The van der Waals surface area contributed by atoms with Crippen molar-refractivity contribution in [2.24, 2.45) is 0 Å². The lowest BCUT2D eigenvalue weighted by Crippen LogP contribution is -2.29. The Morgan fingerprint density at radius 1 is 1.03 bits per heavy atom. The van der Waals surface area contributed by atoms with E-state index in [1.54, 1.807) is 18.3 Å². The van der Waals surface area contributed by atoms with Crippen LogP contribution in [-0.4, -0.2) is 26.8 Å². The van der Waals surface area contributed by atoms with Gasteiger partial charge in [-0.1, -0.05) is 29.5 Å². The Morgan fingerprint density at radius 3 is 2.52 bits per heavy atom. The van der Waals surface area contributed by atoms with Crippen LogP contribution in [0.1, 0.15) is 17.2 Å². The smallest absolute Gasteiger partial charge is 0.301 e. The second-order valence-electron chi connectivity index (χ2n) is 6.93. The molecule has 1 aliphatic rings. The normalized spacial score (nSPS) is 18.1. The number of aliphatic hydroxyl groups excluding tert-OH is 1. The molecular weight excluding hydrogens is 417 g/mol. The van der Waals surface area contributed by atoms with Gasteiger partial charge in [-0.2, -0.15) is 0 Å². The first-order valence-corrected chi connectivity index (χ1v) is 10.2. The molecular formula is C23H14FN3O3S. The van der Waals surface area contributed by atoms with E-state index < -0.39 is 23.5 Å². The number of pyridine rings is 1. The quantitative estimate of drug-likeness (QED) is 0.294. The molecule has 5 rings (SSSR count). The maximum atomic E-state index is 13.4. The third kappa shape index (κ3) is 3.17. The van der Waals surface area contributed by atoms with Crippen LogP contribution in [-0.2, 0) is 9.59 Å². The van der Waals surface area contributed by atoms with Crippen molar-refractivity contribution in [1.29, 1.82) is 0 Å². The second-order valence-corrected chi connectivity index (χ2v) is 7.94. The van der Waals surface area contributed by atoms with E-state index >= 15 is 0 Å². The molecule has 1 fully saturated rings. The summed E-state index contributed by atoms with van der Waals surface area (Å²) in [4.78, 5) is 36.1. The largest absolute Gasteiger partial charge is 0.507 e. The summed E-state index contributed by atoms with van der Waals surface area (Å²) in [6.07, 6.45) is 3.11. The van der Waals surface area contributed by atoms with Crippen LogP contribution in [0.4, 0.5) is 9.52 Å². The number of anilines is 1. The monoisotopic (exact) mass is 431 g/mol. The number of carbonyl (C=O) groups excluding carboxylic acids is 2. The Morgan fingerprint density at radius 2 is 1.81 bits per heavy atom. The number of aromatic nitrogens is 2. The van der Waals surface area contributed by atoms with Gasteiger partial charge in [0.25, 0.3) is 5.78 Å². The van der Waals surface area contributed by atoms with Crippen LogP contribution in [0.3, 0.4) is 0 Å². The lowest BCUT2D eigenvalue weighted by Gasteiger charge is -2.22. The van der Waals surface area contributed by atoms with Gasteiger partial charge in [0.2, 0.25) is 0 Å². The fourth-order valence-corrected chi connectivity index (χ4v) is 4.60. The zero-order chi connectivity index (χ0) is 21.5. The molecule has 1 N–H and O–H groups in total. The van der Waals surface area contributed by atoms with Crippen molar-refractivity contribution >= 4 is 44.1 Å². The molecule has 1 amide bonds. The summed E-state index contributed by atoms with van der Waals surface area (Å²) in [5, 5.41) is 11.3. The van der Waals surface area contributed by atoms with Gasteiger partial charge in [0, 0.05) is 18.0 Å². The minimum Gasteiger partial charge on any atom is -0.507 e. The number of carbonyl (C=O) groups is 2. The van der Waals surface area contributed by atoms with Gasteiger partial charge in [-0.25, -0.2) is 9.37 Å². The average molecular weight is 431 g/mol. The molecule has 152 valence electrons. The summed E-state index contributed by atoms with van der Waals surface area (Å²) < 4.78 is 14.2. The minimum absolute atomic E-state index is 0.0936. The third-order valence-electron chi connectivity index (χ3n) is 5.05. The molecule has 0 spiro atoms. The van der Waals surface area contributed by atoms with Gasteiger partial charge in [0.05, 0.1) is 21.8 Å². The highest BCUT2D eigenvalue weighted by atomic mass is 32.1. The van der Waals surface area contributed by atoms with Crippen LogP contribution in [0.2, 0.25) is 0 Å². The molecule has 0 aliphatic carbocycles. The molecule has 4 aromatic rings. The number of amides is 1. The van der Waals surface area contributed by atoms with E-state index in [9.17, 15) is 19.1 Å². The van der Waals surface area contributed by atoms with Gasteiger partial charge < -0.3 is 5.11 Å². The Bertz CT molecular complexity index is 1320. The number of benzene rings is 2. The molecule has 31 heavy (non-hydrogen) atoms. The number of hydrogen-bond acceptors (Lipinski definition) is 6. The Labute approximate surface area is 179 Å². The zero-order valence-electron chi connectivity index (χ0n) is 15.9. The predicted octanol–water partition coefficient (Wildman–Crippen LogP) is 4.46. The van der Waals surface area contributed by atoms with E-state index in [1.165, 1.54) is 46.7 Å². The molecule has 8 heteroatoms. The van der Waals surface area contributed by atoms with Gasteiger partial charge in [-0.05, 0) is 48.0 Å². The van der Waals surface area contributed by atoms with E-state index in [1.807, 2.05) is 24.3 Å². The summed E-state index contributed by atoms with van der Waals surface area (Å²) in [6.45, 7) is 0. The lowest BCUT2D eigenvalue weighted by atomic mass is 9.96. The van der Waals surface area contributed by atoms with Crippen molar-refractivity contribution in [2.45, 2.75) is 6.04 Å². The topological polar surface area (TPSA) is 83.4 Å². The van der Waals surface area contributed by atoms with E-state index in [2.05, 4.69) is 9.97 Å². The van der Waals surface area contributed by atoms with Crippen LogP contribution in [0.25, 0.3) is 16.0 Å². The molecule has 0 bridgehead atoms. The van der Waals surface area contributed by atoms with Crippen LogP contribution >= 0.6 is 11.3 Å². The van der Waals surface area contributed by atoms with Crippen molar-refractivity contribution in [2.75, 3.05) is 4.90 Å². The molecule has 2 aromatic heterocycles. The molecule has 0 saturated carbocycles. The second kappa shape index (κ2) is 7.41. The van der Waals surface area contributed by atoms with Crippen LogP contribution in [0.5, 0.6) is 0 Å². The van der Waals surface area contributed by atoms with E-state index in [0.717, 1.165) is 4.70 Å². The fourth-order valence-electron chi connectivity index (χ4n) is 3.61. The number of rotatable bonds is 3. The number of Topliss-reactive ketones (excluding diaryl/α,β-unsaturated/α-hetero) is 1. The first kappa shape index (κ1) is 19.1. The minimum atomic E-state index is -0.917. The van der Waals surface area contributed by atoms with Gasteiger partial charge >= 0.3 is 5.91 Å². The van der Waals surface area contributed by atoms with Crippen molar-refractivity contribution in [1.82, 2.24) is 9.97 Å². The number of aliphatic hydroxyl groups is 1. The molecule has 1 unspecified atom stereocenters. The SMILES string of the molecule is O=C1C(=O)N(c2nc3ccccc3s2)C(c2cccnc2)/C1=C(\O)c1ccc(F)cc1. The van der Waals surface area contributed by atoms with Gasteiger partial charge in [0.15, 0.2) is 5.13 Å². The molecule has 1 saturated heterocycles. The first-order chi connectivity index (χ1) is 15.0. The van der Waals surface area contributed by atoms with Crippen LogP contribution in [0, 0.1) is 5.82 Å². The van der Waals surface area contributed by atoms with Crippen LogP contribution < -0.4 is 4.90 Å². The Kier molecular flexibility index (Phi) is 4.56. The summed E-state index contributed by atoms with van der Waals surface area (Å²) in [5.74, 6) is -2.49. The van der Waals surface area contributed by atoms with Crippen molar-refractivity contribution in [3.8, 4) is 0 Å². The maximum absolute atomic E-state index is 13.4. The highest BCUT2D eigenvalue weighted by molar-refractivity contribution is 7.22. The van der Waals surface area contributed by atoms with Gasteiger partial charge in [-0.3, -0.25) is 19.5 Å². The van der Waals surface area contributed by atoms with E-state index in [0.29, 0.717) is 16.2 Å². The zero-order valence-corrected chi connectivity index (χ0v) is 16.7. The number of thiazole rings is 1. The number of ketones is 1. The Hall–Kier alpha value is -3.91. The number of hydrogen-bond donors (Lipinski definition) is 1.